The van der Waals surface area contributed by atoms with Gasteiger partial charge in [0.15, 0.2) is 0 Å². The van der Waals surface area contributed by atoms with Crippen LogP contribution in [-0.4, -0.2) is 71.7 Å². The number of aryl methyl sites for hydroxylation is 1. The Kier molecular flexibility index (Phi) is 12.2. The Hall–Kier alpha value is -1.90. The van der Waals surface area contributed by atoms with Crippen molar-refractivity contribution in [3.63, 3.8) is 0 Å². The van der Waals surface area contributed by atoms with Gasteiger partial charge in [0.05, 0.1) is 5.56 Å². The van der Waals surface area contributed by atoms with Crippen molar-refractivity contribution >= 4 is 17.5 Å². The zero-order chi connectivity index (χ0) is 19.9. The summed E-state index contributed by atoms with van der Waals surface area (Å²) in [5, 5.41) is 9.49. The lowest BCUT2D eigenvalue weighted by Crippen LogP contribution is -2.27. The third-order valence-corrected chi connectivity index (χ3v) is 3.90. The highest BCUT2D eigenvalue weighted by Gasteiger charge is 2.17. The second-order valence-electron chi connectivity index (χ2n) is 6.20. The van der Waals surface area contributed by atoms with Crippen molar-refractivity contribution in [1.29, 1.82) is 0 Å². The van der Waals surface area contributed by atoms with E-state index in [-0.39, 0.29) is 5.91 Å². The van der Waals surface area contributed by atoms with Crippen LogP contribution in [0.2, 0.25) is 0 Å². The summed E-state index contributed by atoms with van der Waals surface area (Å²) in [5.41, 5.74) is 1.45. The summed E-state index contributed by atoms with van der Waals surface area (Å²) < 4.78 is 15.2. The van der Waals surface area contributed by atoms with Crippen LogP contribution in [0.4, 0.5) is 11.6 Å². The van der Waals surface area contributed by atoms with Gasteiger partial charge in [-0.15, -0.1) is 0 Å². The largest absolute Gasteiger partial charge is 0.385 e. The maximum atomic E-state index is 12.7. The first-order chi connectivity index (χ1) is 13.1. The van der Waals surface area contributed by atoms with Crippen molar-refractivity contribution in [3.8, 4) is 0 Å². The monoisotopic (exact) mass is 382 g/mol. The molecule has 0 aliphatic rings. The van der Waals surface area contributed by atoms with Gasteiger partial charge in [0.25, 0.3) is 5.91 Å². The predicted molar refractivity (Wildman–Crippen MR) is 108 cm³/mol. The summed E-state index contributed by atoms with van der Waals surface area (Å²) in [6.45, 7) is 5.88. The summed E-state index contributed by atoms with van der Waals surface area (Å²) in [6, 6.07) is 1.90. The smallest absolute Gasteiger partial charge is 0.255 e. The number of carbonyl (C=O) groups is 1. The quantitative estimate of drug-likeness (QED) is 0.400. The van der Waals surface area contributed by atoms with E-state index in [9.17, 15) is 4.79 Å². The second-order valence-corrected chi connectivity index (χ2v) is 6.20. The molecule has 1 aromatic heterocycles. The molecule has 8 heteroatoms. The molecule has 8 nitrogen and oxygen atoms in total. The Labute approximate surface area is 162 Å². The molecule has 0 saturated carbocycles. The van der Waals surface area contributed by atoms with Gasteiger partial charge < -0.3 is 30.2 Å². The van der Waals surface area contributed by atoms with E-state index in [4.69, 9.17) is 14.2 Å². The van der Waals surface area contributed by atoms with Crippen molar-refractivity contribution in [2.24, 2.45) is 0 Å². The van der Waals surface area contributed by atoms with Crippen LogP contribution in [0.1, 0.15) is 35.2 Å². The highest BCUT2D eigenvalue weighted by molar-refractivity contribution is 6.00. The van der Waals surface area contributed by atoms with Gasteiger partial charge in [-0.25, -0.2) is 4.98 Å². The molecular formula is C19H34N4O4. The first-order valence-electron chi connectivity index (χ1n) is 9.38. The van der Waals surface area contributed by atoms with E-state index in [2.05, 4.69) is 20.9 Å². The molecule has 0 aromatic carbocycles. The molecule has 3 N–H and O–H groups in total. The van der Waals surface area contributed by atoms with Gasteiger partial charge in [0, 0.05) is 60.8 Å². The fraction of sp³-hybridized carbons (Fsp3) is 0.684. The average Bonchev–Trinajstić information content (AvgIpc) is 2.65. The zero-order valence-corrected chi connectivity index (χ0v) is 17.0. The zero-order valence-electron chi connectivity index (χ0n) is 17.0. The Morgan fingerprint density at radius 2 is 1.48 bits per heavy atom. The number of methoxy groups -OCH3 is 3. The number of ether oxygens (including phenoxy) is 3. The van der Waals surface area contributed by atoms with Gasteiger partial charge >= 0.3 is 0 Å². The van der Waals surface area contributed by atoms with E-state index in [0.29, 0.717) is 44.3 Å². The van der Waals surface area contributed by atoms with Gasteiger partial charge in [0.1, 0.15) is 11.6 Å². The number of nitrogens with zero attached hydrogens (tertiary/aromatic N) is 1. The average molecular weight is 383 g/mol. The highest BCUT2D eigenvalue weighted by atomic mass is 16.5. The molecular weight excluding hydrogens is 348 g/mol. The van der Waals surface area contributed by atoms with E-state index in [1.165, 1.54) is 0 Å². The Bertz CT molecular complexity index is 555. The van der Waals surface area contributed by atoms with E-state index < -0.39 is 0 Å². The van der Waals surface area contributed by atoms with E-state index >= 15 is 0 Å². The number of nitrogens with one attached hydrogen (secondary N) is 3. The number of aromatic nitrogens is 1. The lowest BCUT2D eigenvalue weighted by atomic mass is 10.1. The predicted octanol–water partition coefficient (Wildman–Crippen LogP) is 2.05. The lowest BCUT2D eigenvalue weighted by Gasteiger charge is -2.16. The third-order valence-electron chi connectivity index (χ3n) is 3.90. The Morgan fingerprint density at radius 1 is 0.926 bits per heavy atom. The molecule has 0 atom stereocenters. The maximum absolute atomic E-state index is 12.7. The molecule has 0 spiro atoms. The molecule has 1 aromatic rings. The Morgan fingerprint density at radius 3 is 2.07 bits per heavy atom. The fourth-order valence-electron chi connectivity index (χ4n) is 2.54. The maximum Gasteiger partial charge on any atom is 0.255 e. The number of rotatable bonds is 15. The van der Waals surface area contributed by atoms with Crippen LogP contribution in [0.15, 0.2) is 6.07 Å². The number of hydrogen-bond acceptors (Lipinski definition) is 7. The van der Waals surface area contributed by atoms with Crippen molar-refractivity contribution < 1.29 is 19.0 Å². The summed E-state index contributed by atoms with van der Waals surface area (Å²) in [7, 11) is 5.01. The molecule has 0 saturated heterocycles. The fourth-order valence-corrected chi connectivity index (χ4v) is 2.54. The molecule has 1 heterocycles. The normalized spacial score (nSPS) is 10.7. The summed E-state index contributed by atoms with van der Waals surface area (Å²) in [4.78, 5) is 17.3. The Balaban J connectivity index is 2.84. The van der Waals surface area contributed by atoms with Gasteiger partial charge in [-0.05, 0) is 37.8 Å². The minimum atomic E-state index is -0.128. The highest BCUT2D eigenvalue weighted by Crippen LogP contribution is 2.21. The first kappa shape index (κ1) is 23.1. The topological polar surface area (TPSA) is 93.7 Å². The molecule has 0 fully saturated rings. The van der Waals surface area contributed by atoms with Crippen LogP contribution in [0.3, 0.4) is 0 Å². The van der Waals surface area contributed by atoms with Gasteiger partial charge in [-0.3, -0.25) is 4.79 Å². The lowest BCUT2D eigenvalue weighted by molar-refractivity contribution is 0.0948. The van der Waals surface area contributed by atoms with Crippen LogP contribution in [0.25, 0.3) is 0 Å². The van der Waals surface area contributed by atoms with Crippen molar-refractivity contribution in [2.45, 2.75) is 26.2 Å². The van der Waals surface area contributed by atoms with Crippen LogP contribution in [-0.2, 0) is 14.2 Å². The van der Waals surface area contributed by atoms with Crippen molar-refractivity contribution in [1.82, 2.24) is 10.3 Å². The molecule has 0 radical (unpaired) electrons. The van der Waals surface area contributed by atoms with Crippen LogP contribution in [0, 0.1) is 6.92 Å². The standard InChI is InChI=1S/C19H34N4O4/c1-15-14-16(20-8-5-11-25-2)23-18(21-9-6-12-26-3)17(15)19(24)22-10-7-13-27-4/h14H,5-13H2,1-4H3,(H,22,24)(H2,20,21,23). The van der Waals surface area contributed by atoms with Crippen LogP contribution < -0.4 is 16.0 Å². The summed E-state index contributed by atoms with van der Waals surface area (Å²) >= 11 is 0. The molecule has 1 amide bonds. The first-order valence-corrected chi connectivity index (χ1v) is 9.38. The van der Waals surface area contributed by atoms with E-state index in [1.807, 2.05) is 13.0 Å². The SMILES string of the molecule is COCCCNC(=O)c1c(C)cc(NCCCOC)nc1NCCCOC. The third kappa shape index (κ3) is 9.03. The van der Waals surface area contributed by atoms with E-state index in [0.717, 1.165) is 37.2 Å². The van der Waals surface area contributed by atoms with E-state index in [1.54, 1.807) is 21.3 Å². The number of pyridine rings is 1. The molecule has 0 aliphatic heterocycles. The number of carbonyl (C=O) groups excluding carboxylic acids is 1. The second kappa shape index (κ2) is 14.2. The number of amides is 1. The molecule has 0 unspecified atom stereocenters. The number of hydrogen-bond donors (Lipinski definition) is 3. The van der Waals surface area contributed by atoms with Crippen molar-refractivity contribution in [3.05, 3.63) is 17.2 Å². The summed E-state index contributed by atoms with van der Waals surface area (Å²) in [5.74, 6) is 1.20. The van der Waals surface area contributed by atoms with Gasteiger partial charge in [0.2, 0.25) is 0 Å². The van der Waals surface area contributed by atoms with Crippen LogP contribution in [0.5, 0.6) is 0 Å². The van der Waals surface area contributed by atoms with Crippen LogP contribution >= 0.6 is 0 Å². The molecule has 27 heavy (non-hydrogen) atoms. The molecule has 0 bridgehead atoms. The molecule has 0 aliphatic carbocycles. The number of anilines is 2. The van der Waals surface area contributed by atoms with Crippen molar-refractivity contribution in [2.75, 3.05) is 71.4 Å². The van der Waals surface area contributed by atoms with Gasteiger partial charge in [-0.1, -0.05) is 0 Å². The molecule has 1 rings (SSSR count). The minimum absolute atomic E-state index is 0.128. The van der Waals surface area contributed by atoms with Gasteiger partial charge in [-0.2, -0.15) is 0 Å². The minimum Gasteiger partial charge on any atom is -0.385 e. The molecule has 154 valence electrons. The summed E-state index contributed by atoms with van der Waals surface area (Å²) in [6.07, 6.45) is 2.48.